The average molecular weight is 210 g/mol. The summed E-state index contributed by atoms with van der Waals surface area (Å²) in [5.41, 5.74) is 0.453. The van der Waals surface area contributed by atoms with Gasteiger partial charge in [-0.1, -0.05) is 20.3 Å². The highest BCUT2D eigenvalue weighted by molar-refractivity contribution is 4.96. The molecular weight excluding hydrogens is 184 g/mol. The zero-order valence-corrected chi connectivity index (χ0v) is 10.3. The molecular formula is C13H26N2. The maximum Gasteiger partial charge on any atom is 0.0207 e. The van der Waals surface area contributed by atoms with Crippen LogP contribution >= 0.6 is 0 Å². The molecule has 2 N–H and O–H groups in total. The Morgan fingerprint density at radius 1 is 1.27 bits per heavy atom. The molecule has 0 aliphatic carbocycles. The van der Waals surface area contributed by atoms with Gasteiger partial charge in [-0.3, -0.25) is 0 Å². The molecule has 88 valence electrons. The number of hydrogen-bond acceptors (Lipinski definition) is 2. The van der Waals surface area contributed by atoms with E-state index in [4.69, 9.17) is 0 Å². The van der Waals surface area contributed by atoms with E-state index in [9.17, 15) is 0 Å². The van der Waals surface area contributed by atoms with Crippen molar-refractivity contribution >= 4 is 0 Å². The summed E-state index contributed by atoms with van der Waals surface area (Å²) in [5.74, 6) is 1.69. The lowest BCUT2D eigenvalue weighted by molar-refractivity contribution is 0.147. The van der Waals surface area contributed by atoms with Crippen molar-refractivity contribution in [3.05, 3.63) is 0 Å². The lowest BCUT2D eigenvalue weighted by atomic mass is 9.73. The summed E-state index contributed by atoms with van der Waals surface area (Å²) in [6.07, 6.45) is 6.96. The van der Waals surface area contributed by atoms with Gasteiger partial charge in [-0.15, -0.1) is 0 Å². The molecule has 0 aromatic rings. The van der Waals surface area contributed by atoms with Crippen molar-refractivity contribution in [3.63, 3.8) is 0 Å². The van der Waals surface area contributed by atoms with Gasteiger partial charge in [-0.25, -0.2) is 0 Å². The highest BCUT2D eigenvalue weighted by Gasteiger charge is 2.37. The molecule has 0 bridgehead atoms. The maximum absolute atomic E-state index is 3.83. The first-order valence-electron chi connectivity index (χ1n) is 6.69. The van der Waals surface area contributed by atoms with E-state index in [0.29, 0.717) is 5.54 Å². The summed E-state index contributed by atoms with van der Waals surface area (Å²) >= 11 is 0. The highest BCUT2D eigenvalue weighted by Crippen LogP contribution is 2.34. The van der Waals surface area contributed by atoms with Crippen molar-refractivity contribution in [2.24, 2.45) is 11.8 Å². The number of piperidine rings is 1. The zero-order chi connectivity index (χ0) is 10.7. The molecule has 2 aliphatic heterocycles. The highest BCUT2D eigenvalue weighted by atomic mass is 15.0. The SMILES string of the molecule is CC(C)C1(CC2CCNC2)CCCCN1. The first kappa shape index (κ1) is 11.4. The number of rotatable bonds is 3. The first-order chi connectivity index (χ1) is 7.23. The van der Waals surface area contributed by atoms with Crippen molar-refractivity contribution < 1.29 is 0 Å². The van der Waals surface area contributed by atoms with Crippen LogP contribution in [0.3, 0.4) is 0 Å². The van der Waals surface area contributed by atoms with Crippen LogP contribution in [-0.2, 0) is 0 Å². The second-order valence-electron chi connectivity index (χ2n) is 5.76. The van der Waals surface area contributed by atoms with Gasteiger partial charge in [0.05, 0.1) is 0 Å². The van der Waals surface area contributed by atoms with Gasteiger partial charge in [0.2, 0.25) is 0 Å². The van der Waals surface area contributed by atoms with Crippen LogP contribution in [0.5, 0.6) is 0 Å². The Labute approximate surface area is 94.2 Å². The van der Waals surface area contributed by atoms with E-state index in [1.54, 1.807) is 0 Å². The Hall–Kier alpha value is -0.0800. The second-order valence-corrected chi connectivity index (χ2v) is 5.76. The molecule has 0 aromatic carbocycles. The molecule has 2 saturated heterocycles. The summed E-state index contributed by atoms with van der Waals surface area (Å²) in [7, 11) is 0. The van der Waals surface area contributed by atoms with Crippen LogP contribution in [-0.4, -0.2) is 25.2 Å². The largest absolute Gasteiger partial charge is 0.316 e. The number of nitrogens with one attached hydrogen (secondary N) is 2. The Bertz CT molecular complexity index is 189. The smallest absolute Gasteiger partial charge is 0.0207 e. The summed E-state index contributed by atoms with van der Waals surface area (Å²) in [4.78, 5) is 0. The van der Waals surface area contributed by atoms with Crippen molar-refractivity contribution in [3.8, 4) is 0 Å². The van der Waals surface area contributed by atoms with E-state index in [-0.39, 0.29) is 0 Å². The topological polar surface area (TPSA) is 24.1 Å². The maximum atomic E-state index is 3.83. The quantitative estimate of drug-likeness (QED) is 0.746. The molecule has 2 rings (SSSR count). The third-order valence-corrected chi connectivity index (χ3v) is 4.45. The lowest BCUT2D eigenvalue weighted by Crippen LogP contribution is -2.53. The van der Waals surface area contributed by atoms with Crippen molar-refractivity contribution in [2.45, 2.75) is 51.5 Å². The van der Waals surface area contributed by atoms with Crippen molar-refractivity contribution in [1.82, 2.24) is 10.6 Å². The van der Waals surface area contributed by atoms with Gasteiger partial charge in [0.1, 0.15) is 0 Å². The molecule has 0 aromatic heterocycles. The zero-order valence-electron chi connectivity index (χ0n) is 10.3. The predicted molar refractivity (Wildman–Crippen MR) is 65.0 cm³/mol. The van der Waals surface area contributed by atoms with Crippen LogP contribution in [0.1, 0.15) is 46.0 Å². The molecule has 0 radical (unpaired) electrons. The molecule has 2 unspecified atom stereocenters. The summed E-state index contributed by atoms with van der Waals surface area (Å²) in [6.45, 7) is 8.49. The molecule has 0 spiro atoms. The van der Waals surface area contributed by atoms with Crippen LogP contribution in [0, 0.1) is 11.8 Å². The van der Waals surface area contributed by atoms with Gasteiger partial charge >= 0.3 is 0 Å². The monoisotopic (exact) mass is 210 g/mol. The van der Waals surface area contributed by atoms with Crippen molar-refractivity contribution in [1.29, 1.82) is 0 Å². The van der Waals surface area contributed by atoms with Gasteiger partial charge in [0.15, 0.2) is 0 Å². The molecule has 2 aliphatic rings. The normalized spacial score (nSPS) is 37.4. The lowest BCUT2D eigenvalue weighted by Gasteiger charge is -2.43. The third kappa shape index (κ3) is 2.54. The molecule has 2 nitrogen and oxygen atoms in total. The Balaban J connectivity index is 1.97. The number of hydrogen-bond donors (Lipinski definition) is 2. The average Bonchev–Trinajstić information content (AvgIpc) is 2.71. The van der Waals surface area contributed by atoms with E-state index in [1.807, 2.05) is 0 Å². The van der Waals surface area contributed by atoms with E-state index in [2.05, 4.69) is 24.5 Å². The van der Waals surface area contributed by atoms with E-state index in [0.717, 1.165) is 11.8 Å². The summed E-state index contributed by atoms with van der Waals surface area (Å²) in [6, 6.07) is 0. The third-order valence-electron chi connectivity index (χ3n) is 4.45. The second kappa shape index (κ2) is 4.84. The minimum atomic E-state index is 0.453. The molecule has 0 saturated carbocycles. The Kier molecular flexibility index (Phi) is 3.68. The molecule has 0 amide bonds. The Morgan fingerprint density at radius 2 is 2.13 bits per heavy atom. The van der Waals surface area contributed by atoms with E-state index in [1.165, 1.54) is 51.7 Å². The van der Waals surface area contributed by atoms with Gasteiger partial charge < -0.3 is 10.6 Å². The van der Waals surface area contributed by atoms with E-state index >= 15 is 0 Å². The molecule has 15 heavy (non-hydrogen) atoms. The van der Waals surface area contributed by atoms with Crippen LogP contribution in [0.15, 0.2) is 0 Å². The fraction of sp³-hybridized carbons (Fsp3) is 1.00. The fourth-order valence-corrected chi connectivity index (χ4v) is 3.30. The minimum absolute atomic E-state index is 0.453. The minimum Gasteiger partial charge on any atom is -0.316 e. The standard InChI is InChI=1S/C13H26N2/c1-11(2)13(6-3-4-7-15-13)9-12-5-8-14-10-12/h11-12,14-15H,3-10H2,1-2H3. The summed E-state index contributed by atoms with van der Waals surface area (Å²) in [5, 5.41) is 7.32. The van der Waals surface area contributed by atoms with Gasteiger partial charge in [-0.2, -0.15) is 0 Å². The van der Waals surface area contributed by atoms with Crippen LogP contribution < -0.4 is 10.6 Å². The van der Waals surface area contributed by atoms with Crippen LogP contribution in [0.2, 0.25) is 0 Å². The predicted octanol–water partition coefficient (Wildman–Crippen LogP) is 2.15. The molecule has 2 heteroatoms. The van der Waals surface area contributed by atoms with Crippen molar-refractivity contribution in [2.75, 3.05) is 19.6 Å². The van der Waals surface area contributed by atoms with Crippen LogP contribution in [0.4, 0.5) is 0 Å². The van der Waals surface area contributed by atoms with E-state index < -0.39 is 0 Å². The van der Waals surface area contributed by atoms with Crippen LogP contribution in [0.25, 0.3) is 0 Å². The van der Waals surface area contributed by atoms with Gasteiger partial charge in [0, 0.05) is 5.54 Å². The first-order valence-corrected chi connectivity index (χ1v) is 6.69. The fourth-order valence-electron chi connectivity index (χ4n) is 3.30. The molecule has 2 atom stereocenters. The van der Waals surface area contributed by atoms with Gasteiger partial charge in [0.25, 0.3) is 0 Å². The van der Waals surface area contributed by atoms with Gasteiger partial charge in [-0.05, 0) is 57.2 Å². The summed E-state index contributed by atoms with van der Waals surface area (Å²) < 4.78 is 0. The molecule has 2 heterocycles. The molecule has 2 fully saturated rings. The Morgan fingerprint density at radius 3 is 2.67 bits per heavy atom.